The quantitative estimate of drug-likeness (QED) is 0.596. The van der Waals surface area contributed by atoms with Gasteiger partial charge in [0.2, 0.25) is 0 Å². The van der Waals surface area contributed by atoms with Crippen LogP contribution in [0, 0.1) is 11.3 Å². The van der Waals surface area contributed by atoms with E-state index in [-0.39, 0.29) is 6.61 Å². The van der Waals surface area contributed by atoms with Crippen molar-refractivity contribution < 1.29 is 5.11 Å². The first-order valence-electron chi connectivity index (χ1n) is 4.05. The van der Waals surface area contributed by atoms with Gasteiger partial charge in [-0.15, -0.1) is 0 Å². The largest absolute Gasteiger partial charge is 0.395 e. The van der Waals surface area contributed by atoms with E-state index in [4.69, 9.17) is 10.4 Å². The average molecular weight is 168 g/mol. The molecule has 0 amide bonds. The topological polar surface area (TPSA) is 47.3 Å². The van der Waals surface area contributed by atoms with Crippen molar-refractivity contribution in [3.8, 4) is 6.07 Å². The summed E-state index contributed by atoms with van der Waals surface area (Å²) in [6.45, 7) is 7.96. The van der Waals surface area contributed by atoms with Crippen LogP contribution in [0.5, 0.6) is 0 Å². The van der Waals surface area contributed by atoms with Gasteiger partial charge >= 0.3 is 0 Å². The summed E-state index contributed by atoms with van der Waals surface area (Å²) in [5.41, 5.74) is 1.06. The van der Waals surface area contributed by atoms with Crippen LogP contribution in [0.4, 0.5) is 0 Å². The highest BCUT2D eigenvalue weighted by atomic mass is 16.3. The summed E-state index contributed by atoms with van der Waals surface area (Å²) in [5.74, 6) is 0. The molecule has 0 aromatic carbocycles. The van der Waals surface area contributed by atoms with E-state index in [1.165, 1.54) is 0 Å². The molecule has 0 fully saturated rings. The lowest BCUT2D eigenvalue weighted by atomic mass is 10.3. The Labute approximate surface area is 73.9 Å². The summed E-state index contributed by atoms with van der Waals surface area (Å²) in [4.78, 5) is 2.02. The molecule has 0 radical (unpaired) electrons. The van der Waals surface area contributed by atoms with Gasteiger partial charge in [0.05, 0.1) is 12.7 Å². The second kappa shape index (κ2) is 6.84. The summed E-state index contributed by atoms with van der Waals surface area (Å²) < 4.78 is 0. The fourth-order valence-electron chi connectivity index (χ4n) is 1.00. The second-order valence-corrected chi connectivity index (χ2v) is 2.86. The minimum absolute atomic E-state index is 0.138. The highest BCUT2D eigenvalue weighted by Gasteiger charge is 2.02. The van der Waals surface area contributed by atoms with E-state index in [1.807, 2.05) is 11.8 Å². The molecular formula is C9H16N2O. The number of hydrogen-bond acceptors (Lipinski definition) is 3. The van der Waals surface area contributed by atoms with Gasteiger partial charge in [0, 0.05) is 26.1 Å². The molecule has 0 spiro atoms. The van der Waals surface area contributed by atoms with Crippen LogP contribution in [-0.2, 0) is 0 Å². The third-order valence-corrected chi connectivity index (χ3v) is 1.45. The number of hydrogen-bond donors (Lipinski definition) is 1. The number of aliphatic hydroxyl groups is 1. The van der Waals surface area contributed by atoms with Crippen LogP contribution >= 0.6 is 0 Å². The van der Waals surface area contributed by atoms with Crippen molar-refractivity contribution in [2.75, 3.05) is 26.2 Å². The van der Waals surface area contributed by atoms with Crippen LogP contribution in [-0.4, -0.2) is 36.2 Å². The van der Waals surface area contributed by atoms with Gasteiger partial charge in [-0.2, -0.15) is 5.26 Å². The standard InChI is InChI=1S/C9H16N2O/c1-9(2)8-11(6-7-12)5-3-4-10/h12H,1,3,5-8H2,2H3. The molecule has 0 rings (SSSR count). The van der Waals surface area contributed by atoms with Crippen molar-refractivity contribution in [2.45, 2.75) is 13.3 Å². The molecular weight excluding hydrogens is 152 g/mol. The fourth-order valence-corrected chi connectivity index (χ4v) is 1.00. The average Bonchev–Trinajstić information content (AvgIpc) is 2.00. The lowest BCUT2D eigenvalue weighted by molar-refractivity contribution is 0.208. The zero-order valence-electron chi connectivity index (χ0n) is 7.58. The van der Waals surface area contributed by atoms with Crippen molar-refractivity contribution in [3.05, 3.63) is 12.2 Å². The first-order chi connectivity index (χ1) is 5.70. The van der Waals surface area contributed by atoms with E-state index >= 15 is 0 Å². The Balaban J connectivity index is 3.70. The van der Waals surface area contributed by atoms with Crippen molar-refractivity contribution in [2.24, 2.45) is 0 Å². The molecule has 0 atom stereocenters. The molecule has 1 N–H and O–H groups in total. The van der Waals surface area contributed by atoms with Gasteiger partial charge < -0.3 is 5.11 Å². The molecule has 0 aliphatic heterocycles. The summed E-state index contributed by atoms with van der Waals surface area (Å²) in [7, 11) is 0. The van der Waals surface area contributed by atoms with Crippen molar-refractivity contribution in [1.82, 2.24) is 4.90 Å². The van der Waals surface area contributed by atoms with E-state index < -0.39 is 0 Å². The molecule has 0 bridgehead atoms. The van der Waals surface area contributed by atoms with Crippen LogP contribution in [0.25, 0.3) is 0 Å². The Morgan fingerprint density at radius 2 is 2.25 bits per heavy atom. The van der Waals surface area contributed by atoms with Gasteiger partial charge in [-0.1, -0.05) is 12.2 Å². The monoisotopic (exact) mass is 168 g/mol. The molecule has 0 aliphatic rings. The van der Waals surface area contributed by atoms with Gasteiger partial charge in [0.1, 0.15) is 0 Å². The molecule has 3 heteroatoms. The Morgan fingerprint density at radius 3 is 2.67 bits per heavy atom. The Morgan fingerprint density at radius 1 is 1.58 bits per heavy atom. The van der Waals surface area contributed by atoms with E-state index in [0.29, 0.717) is 19.5 Å². The van der Waals surface area contributed by atoms with Crippen LogP contribution in [0.1, 0.15) is 13.3 Å². The van der Waals surface area contributed by atoms with Crippen LogP contribution in [0.2, 0.25) is 0 Å². The fraction of sp³-hybridized carbons (Fsp3) is 0.667. The molecule has 0 aromatic rings. The van der Waals surface area contributed by atoms with Gasteiger partial charge in [-0.3, -0.25) is 4.90 Å². The van der Waals surface area contributed by atoms with Crippen LogP contribution in [0.3, 0.4) is 0 Å². The van der Waals surface area contributed by atoms with Gasteiger partial charge in [-0.25, -0.2) is 0 Å². The van der Waals surface area contributed by atoms with E-state index in [1.54, 1.807) is 0 Å². The number of rotatable bonds is 6. The maximum atomic E-state index is 8.69. The molecule has 0 aliphatic carbocycles. The SMILES string of the molecule is C=C(C)CN(CCO)CCC#N. The van der Waals surface area contributed by atoms with Gasteiger partial charge in [0.25, 0.3) is 0 Å². The summed E-state index contributed by atoms with van der Waals surface area (Å²) in [6.07, 6.45) is 0.507. The van der Waals surface area contributed by atoms with E-state index in [2.05, 4.69) is 12.6 Å². The lowest BCUT2D eigenvalue weighted by Crippen LogP contribution is -2.29. The molecule has 3 nitrogen and oxygen atoms in total. The van der Waals surface area contributed by atoms with E-state index in [0.717, 1.165) is 12.1 Å². The molecule has 12 heavy (non-hydrogen) atoms. The van der Waals surface area contributed by atoms with Crippen LogP contribution in [0.15, 0.2) is 12.2 Å². The molecule has 68 valence electrons. The smallest absolute Gasteiger partial charge is 0.0635 e. The molecule has 0 heterocycles. The molecule has 0 unspecified atom stereocenters. The van der Waals surface area contributed by atoms with E-state index in [9.17, 15) is 0 Å². The highest BCUT2D eigenvalue weighted by Crippen LogP contribution is 1.96. The highest BCUT2D eigenvalue weighted by molar-refractivity contribution is 4.92. The van der Waals surface area contributed by atoms with Gasteiger partial charge in [0.15, 0.2) is 0 Å². The summed E-state index contributed by atoms with van der Waals surface area (Å²) >= 11 is 0. The minimum Gasteiger partial charge on any atom is -0.395 e. The first-order valence-corrected chi connectivity index (χ1v) is 4.05. The maximum Gasteiger partial charge on any atom is 0.0635 e. The first kappa shape index (κ1) is 11.2. The Kier molecular flexibility index (Phi) is 6.35. The number of nitriles is 1. The van der Waals surface area contributed by atoms with Crippen LogP contribution < -0.4 is 0 Å². The normalized spacial score (nSPS) is 9.83. The van der Waals surface area contributed by atoms with Gasteiger partial charge in [-0.05, 0) is 6.92 Å². The third-order valence-electron chi connectivity index (χ3n) is 1.45. The van der Waals surface area contributed by atoms with Crippen molar-refractivity contribution in [1.29, 1.82) is 5.26 Å². The number of nitrogens with zero attached hydrogens (tertiary/aromatic N) is 2. The lowest BCUT2D eigenvalue weighted by Gasteiger charge is -2.19. The number of aliphatic hydroxyl groups excluding tert-OH is 1. The predicted octanol–water partition coefficient (Wildman–Crippen LogP) is 0.770. The Hall–Kier alpha value is -0.850. The zero-order valence-corrected chi connectivity index (χ0v) is 7.58. The molecule has 0 saturated heterocycles. The van der Waals surface area contributed by atoms with Crippen molar-refractivity contribution in [3.63, 3.8) is 0 Å². The second-order valence-electron chi connectivity index (χ2n) is 2.86. The maximum absolute atomic E-state index is 8.69. The van der Waals surface area contributed by atoms with Crippen molar-refractivity contribution >= 4 is 0 Å². The predicted molar refractivity (Wildman–Crippen MR) is 48.6 cm³/mol. The zero-order chi connectivity index (χ0) is 9.40. The summed E-state index contributed by atoms with van der Waals surface area (Å²) in [6, 6.07) is 2.08. The molecule has 0 saturated carbocycles. The summed E-state index contributed by atoms with van der Waals surface area (Å²) in [5, 5.41) is 17.1. The Bertz CT molecular complexity index is 172. The third kappa shape index (κ3) is 5.90. The minimum atomic E-state index is 0.138. The molecule has 0 aromatic heterocycles.